The molecule has 0 spiro atoms. The van der Waals surface area contributed by atoms with Crippen LogP contribution in [0, 0.1) is 6.92 Å². The molecule has 2 aromatic rings. The van der Waals surface area contributed by atoms with Crippen molar-refractivity contribution in [2.45, 2.75) is 38.8 Å². The highest BCUT2D eigenvalue weighted by molar-refractivity contribution is 5.93. The van der Waals surface area contributed by atoms with Crippen LogP contribution >= 0.6 is 0 Å². The molecule has 1 fully saturated rings. The third-order valence-corrected chi connectivity index (χ3v) is 4.75. The minimum absolute atomic E-state index is 0.188. The molecule has 7 nitrogen and oxygen atoms in total. The summed E-state index contributed by atoms with van der Waals surface area (Å²) < 4.78 is 7.26. The van der Waals surface area contributed by atoms with Crippen LogP contribution in [0.5, 0.6) is 5.75 Å². The van der Waals surface area contributed by atoms with Gasteiger partial charge in [-0.05, 0) is 45.8 Å². The van der Waals surface area contributed by atoms with Crippen molar-refractivity contribution >= 4 is 5.91 Å². The normalized spacial score (nSPS) is 16.4. The standard InChI is InChI=1S/C18H25N5O2/c1-12(15-6-4-5-7-16(15)25-3)20-18(24)17-13(2)23(22-21-17)14-8-10-19-11-9-14/h4-7,12,14,19H,8-11H2,1-3H3,(H,20,24)/t12-/m0/s1. The highest BCUT2D eigenvalue weighted by Gasteiger charge is 2.24. The zero-order chi connectivity index (χ0) is 17.8. The fourth-order valence-corrected chi connectivity index (χ4v) is 3.32. The number of hydrogen-bond acceptors (Lipinski definition) is 5. The zero-order valence-corrected chi connectivity index (χ0v) is 15.0. The molecule has 25 heavy (non-hydrogen) atoms. The lowest BCUT2D eigenvalue weighted by Gasteiger charge is -2.23. The molecule has 134 valence electrons. The van der Waals surface area contributed by atoms with Gasteiger partial charge in [0.25, 0.3) is 5.91 Å². The number of hydrogen-bond donors (Lipinski definition) is 2. The van der Waals surface area contributed by atoms with Crippen LogP contribution in [-0.4, -0.2) is 41.1 Å². The first-order chi connectivity index (χ1) is 12.1. The summed E-state index contributed by atoms with van der Waals surface area (Å²) in [6.45, 7) is 5.78. The highest BCUT2D eigenvalue weighted by atomic mass is 16.5. The maximum absolute atomic E-state index is 12.7. The van der Waals surface area contributed by atoms with Crippen molar-refractivity contribution < 1.29 is 9.53 Å². The first-order valence-corrected chi connectivity index (χ1v) is 8.68. The van der Waals surface area contributed by atoms with E-state index < -0.39 is 0 Å². The van der Waals surface area contributed by atoms with E-state index >= 15 is 0 Å². The molecule has 2 N–H and O–H groups in total. The van der Waals surface area contributed by atoms with Crippen LogP contribution in [0.2, 0.25) is 0 Å². The van der Waals surface area contributed by atoms with E-state index in [1.54, 1.807) is 7.11 Å². The molecule has 1 aliphatic heterocycles. The van der Waals surface area contributed by atoms with Crippen LogP contribution in [0.1, 0.15) is 53.6 Å². The van der Waals surface area contributed by atoms with E-state index in [9.17, 15) is 4.79 Å². The number of ether oxygens (including phenoxy) is 1. The van der Waals surface area contributed by atoms with Gasteiger partial charge in [0.05, 0.1) is 24.9 Å². The Labute approximate surface area is 147 Å². The fraction of sp³-hybridized carbons (Fsp3) is 0.500. The molecule has 0 radical (unpaired) electrons. The summed E-state index contributed by atoms with van der Waals surface area (Å²) in [6, 6.07) is 7.79. The first kappa shape index (κ1) is 17.4. The maximum atomic E-state index is 12.7. The van der Waals surface area contributed by atoms with Gasteiger partial charge in [0.15, 0.2) is 5.69 Å². The van der Waals surface area contributed by atoms with Gasteiger partial charge in [-0.25, -0.2) is 4.68 Å². The smallest absolute Gasteiger partial charge is 0.274 e. The number of nitrogens with one attached hydrogen (secondary N) is 2. The second kappa shape index (κ2) is 7.65. The SMILES string of the molecule is COc1ccccc1[C@H](C)NC(=O)c1nnn(C2CCNCC2)c1C. The van der Waals surface area contributed by atoms with Crippen LogP contribution in [-0.2, 0) is 0 Å². The minimum atomic E-state index is -0.212. The van der Waals surface area contributed by atoms with Crippen LogP contribution < -0.4 is 15.4 Å². The Bertz CT molecular complexity index is 737. The summed E-state index contributed by atoms with van der Waals surface area (Å²) >= 11 is 0. The summed E-state index contributed by atoms with van der Waals surface area (Å²) in [5.41, 5.74) is 2.14. The molecule has 1 aromatic carbocycles. The molecule has 3 rings (SSSR count). The van der Waals surface area contributed by atoms with Gasteiger partial charge in [0.1, 0.15) is 5.75 Å². The number of benzene rings is 1. The third kappa shape index (κ3) is 3.66. The number of piperidine rings is 1. The van der Waals surface area contributed by atoms with Gasteiger partial charge in [0, 0.05) is 5.56 Å². The van der Waals surface area contributed by atoms with Crippen LogP contribution in [0.25, 0.3) is 0 Å². The highest BCUT2D eigenvalue weighted by Crippen LogP contribution is 2.25. The summed E-state index contributed by atoms with van der Waals surface area (Å²) in [5.74, 6) is 0.543. The second-order valence-electron chi connectivity index (χ2n) is 6.39. The molecule has 0 unspecified atom stereocenters. The Kier molecular flexibility index (Phi) is 5.33. The quantitative estimate of drug-likeness (QED) is 0.868. The fourth-order valence-electron chi connectivity index (χ4n) is 3.32. The van der Waals surface area contributed by atoms with E-state index in [1.807, 2.05) is 42.8 Å². The van der Waals surface area contributed by atoms with Gasteiger partial charge in [0.2, 0.25) is 0 Å². The van der Waals surface area contributed by atoms with Crippen LogP contribution in [0.3, 0.4) is 0 Å². The summed E-state index contributed by atoms with van der Waals surface area (Å²) in [7, 11) is 1.63. The Morgan fingerprint density at radius 3 is 2.80 bits per heavy atom. The number of para-hydroxylation sites is 1. The van der Waals surface area contributed by atoms with E-state index in [0.29, 0.717) is 11.7 Å². The van der Waals surface area contributed by atoms with Crippen molar-refractivity contribution in [1.82, 2.24) is 25.6 Å². The lowest BCUT2D eigenvalue weighted by Crippen LogP contribution is -2.31. The topological polar surface area (TPSA) is 81.1 Å². The first-order valence-electron chi connectivity index (χ1n) is 8.68. The van der Waals surface area contributed by atoms with E-state index in [-0.39, 0.29) is 11.9 Å². The molecular formula is C18H25N5O2. The number of rotatable bonds is 5. The number of aromatic nitrogens is 3. The molecule has 7 heteroatoms. The van der Waals surface area contributed by atoms with Gasteiger partial charge < -0.3 is 15.4 Å². The monoisotopic (exact) mass is 343 g/mol. The van der Waals surface area contributed by atoms with Crippen molar-refractivity contribution in [1.29, 1.82) is 0 Å². The van der Waals surface area contributed by atoms with Gasteiger partial charge >= 0.3 is 0 Å². The molecule has 0 bridgehead atoms. The Balaban J connectivity index is 1.74. The second-order valence-corrected chi connectivity index (χ2v) is 6.39. The Morgan fingerprint density at radius 2 is 2.08 bits per heavy atom. The van der Waals surface area contributed by atoms with Crippen molar-refractivity contribution in [2.24, 2.45) is 0 Å². The molecule has 1 amide bonds. The van der Waals surface area contributed by atoms with Crippen LogP contribution in [0.15, 0.2) is 24.3 Å². The van der Waals surface area contributed by atoms with Crippen molar-refractivity contribution in [3.05, 3.63) is 41.2 Å². The predicted octanol–water partition coefficient (Wildman–Crippen LogP) is 2.01. The molecule has 0 saturated carbocycles. The van der Waals surface area contributed by atoms with Gasteiger partial charge in [-0.15, -0.1) is 5.10 Å². The predicted molar refractivity (Wildman–Crippen MR) is 94.8 cm³/mol. The molecule has 1 aliphatic rings. The lowest BCUT2D eigenvalue weighted by molar-refractivity contribution is 0.0933. The zero-order valence-electron chi connectivity index (χ0n) is 15.0. The van der Waals surface area contributed by atoms with E-state index in [1.165, 1.54) is 0 Å². The average Bonchev–Trinajstić information content (AvgIpc) is 3.03. The molecule has 0 aliphatic carbocycles. The van der Waals surface area contributed by atoms with Crippen molar-refractivity contribution in [3.8, 4) is 5.75 Å². The summed E-state index contributed by atoms with van der Waals surface area (Å²) in [6.07, 6.45) is 2.01. The number of methoxy groups -OCH3 is 1. The number of carbonyl (C=O) groups is 1. The molecule has 2 heterocycles. The minimum Gasteiger partial charge on any atom is -0.496 e. The third-order valence-electron chi connectivity index (χ3n) is 4.75. The van der Waals surface area contributed by atoms with Gasteiger partial charge in [-0.2, -0.15) is 0 Å². The summed E-state index contributed by atoms with van der Waals surface area (Å²) in [4.78, 5) is 12.7. The molecule has 1 atom stereocenters. The van der Waals surface area contributed by atoms with Crippen LogP contribution in [0.4, 0.5) is 0 Å². The largest absolute Gasteiger partial charge is 0.496 e. The maximum Gasteiger partial charge on any atom is 0.274 e. The molecular weight excluding hydrogens is 318 g/mol. The average molecular weight is 343 g/mol. The van der Waals surface area contributed by atoms with Crippen molar-refractivity contribution in [3.63, 3.8) is 0 Å². The Hall–Kier alpha value is -2.41. The number of carbonyl (C=O) groups excluding carboxylic acids is 1. The number of nitrogens with zero attached hydrogens (tertiary/aromatic N) is 3. The Morgan fingerprint density at radius 1 is 1.36 bits per heavy atom. The van der Waals surface area contributed by atoms with Crippen molar-refractivity contribution in [2.75, 3.05) is 20.2 Å². The van der Waals surface area contributed by atoms with Gasteiger partial charge in [-0.1, -0.05) is 23.4 Å². The summed E-state index contributed by atoms with van der Waals surface area (Å²) in [5, 5.41) is 14.7. The number of amides is 1. The van der Waals surface area contributed by atoms with Gasteiger partial charge in [-0.3, -0.25) is 4.79 Å². The van der Waals surface area contributed by atoms with E-state index in [0.717, 1.165) is 42.9 Å². The van der Waals surface area contributed by atoms with E-state index in [4.69, 9.17) is 4.74 Å². The molecule has 1 saturated heterocycles. The van der Waals surface area contributed by atoms with E-state index in [2.05, 4.69) is 20.9 Å². The molecule has 1 aromatic heterocycles. The lowest BCUT2D eigenvalue weighted by atomic mass is 10.1.